The number of benzene rings is 1. The first-order chi connectivity index (χ1) is 7.20. The number of rotatable bonds is 4. The smallest absolute Gasteiger partial charge is 0.280 e. The summed E-state index contributed by atoms with van der Waals surface area (Å²) in [5, 5.41) is 10.6. The first-order valence-corrected chi connectivity index (χ1v) is 4.12. The SMILES string of the molecule is CO/C=C/c1cccc([N+](=O)[O-])c1C=O. The summed E-state index contributed by atoms with van der Waals surface area (Å²) in [4.78, 5) is 20.7. The molecule has 0 aromatic heterocycles. The Labute approximate surface area is 86.1 Å². The summed E-state index contributed by atoms with van der Waals surface area (Å²) >= 11 is 0. The van der Waals surface area contributed by atoms with E-state index in [0.717, 1.165) is 0 Å². The van der Waals surface area contributed by atoms with Crippen molar-refractivity contribution in [2.24, 2.45) is 0 Å². The molecule has 0 saturated carbocycles. The second-order valence-electron chi connectivity index (χ2n) is 2.69. The van der Waals surface area contributed by atoms with Crippen LogP contribution < -0.4 is 0 Å². The molecule has 0 fully saturated rings. The molecule has 15 heavy (non-hydrogen) atoms. The number of nitro groups is 1. The van der Waals surface area contributed by atoms with Crippen LogP contribution in [0.15, 0.2) is 24.5 Å². The molecule has 0 bridgehead atoms. The molecule has 1 rings (SSSR count). The molecule has 0 saturated heterocycles. The van der Waals surface area contributed by atoms with Crippen LogP contribution in [0.5, 0.6) is 0 Å². The molecule has 5 heteroatoms. The van der Waals surface area contributed by atoms with Crippen LogP contribution in [-0.2, 0) is 4.74 Å². The normalized spacial score (nSPS) is 10.2. The van der Waals surface area contributed by atoms with Gasteiger partial charge in [0.05, 0.1) is 23.9 Å². The van der Waals surface area contributed by atoms with Crippen molar-refractivity contribution < 1.29 is 14.5 Å². The minimum absolute atomic E-state index is 0.0517. The van der Waals surface area contributed by atoms with Crippen molar-refractivity contribution >= 4 is 18.0 Å². The number of ether oxygens (including phenoxy) is 1. The zero-order chi connectivity index (χ0) is 11.3. The second-order valence-corrected chi connectivity index (χ2v) is 2.69. The van der Waals surface area contributed by atoms with E-state index in [9.17, 15) is 14.9 Å². The maximum Gasteiger partial charge on any atom is 0.280 e. The van der Waals surface area contributed by atoms with Gasteiger partial charge in [-0.25, -0.2) is 0 Å². The van der Waals surface area contributed by atoms with E-state index in [2.05, 4.69) is 4.74 Å². The molecule has 0 N–H and O–H groups in total. The van der Waals surface area contributed by atoms with Crippen LogP contribution >= 0.6 is 0 Å². The summed E-state index contributed by atoms with van der Waals surface area (Å²) in [6.45, 7) is 0. The van der Waals surface area contributed by atoms with E-state index in [-0.39, 0.29) is 11.3 Å². The van der Waals surface area contributed by atoms with Gasteiger partial charge in [-0.05, 0) is 11.6 Å². The Morgan fingerprint density at radius 3 is 2.73 bits per heavy atom. The number of carbonyl (C=O) groups excluding carboxylic acids is 1. The van der Waals surface area contributed by atoms with Crippen molar-refractivity contribution in [1.29, 1.82) is 0 Å². The average Bonchev–Trinajstić information content (AvgIpc) is 2.25. The molecule has 0 aliphatic heterocycles. The lowest BCUT2D eigenvalue weighted by molar-refractivity contribution is -0.385. The number of hydrogen-bond donors (Lipinski definition) is 0. The summed E-state index contributed by atoms with van der Waals surface area (Å²) in [5.74, 6) is 0. The zero-order valence-corrected chi connectivity index (χ0v) is 8.04. The predicted molar refractivity (Wildman–Crippen MR) is 54.5 cm³/mol. The monoisotopic (exact) mass is 207 g/mol. The molecular weight excluding hydrogens is 198 g/mol. The van der Waals surface area contributed by atoms with Gasteiger partial charge in [0.2, 0.25) is 0 Å². The Balaban J connectivity index is 3.28. The van der Waals surface area contributed by atoms with Gasteiger partial charge in [-0.1, -0.05) is 12.1 Å². The third-order valence-electron chi connectivity index (χ3n) is 1.82. The van der Waals surface area contributed by atoms with Crippen molar-refractivity contribution in [3.05, 3.63) is 45.7 Å². The highest BCUT2D eigenvalue weighted by Gasteiger charge is 2.14. The number of nitrogens with zero attached hydrogens (tertiary/aromatic N) is 1. The lowest BCUT2D eigenvalue weighted by atomic mass is 10.1. The summed E-state index contributed by atoms with van der Waals surface area (Å²) in [7, 11) is 1.45. The van der Waals surface area contributed by atoms with Gasteiger partial charge in [-0.2, -0.15) is 0 Å². The van der Waals surface area contributed by atoms with Gasteiger partial charge in [-0.3, -0.25) is 14.9 Å². The number of methoxy groups -OCH3 is 1. The number of hydrogen-bond acceptors (Lipinski definition) is 4. The van der Waals surface area contributed by atoms with Crippen LogP contribution in [0.1, 0.15) is 15.9 Å². The third-order valence-corrected chi connectivity index (χ3v) is 1.82. The maximum absolute atomic E-state index is 10.7. The summed E-state index contributed by atoms with van der Waals surface area (Å²) in [5.41, 5.74) is 0.306. The molecular formula is C10H9NO4. The number of aldehydes is 1. The Hall–Kier alpha value is -2.17. The van der Waals surface area contributed by atoms with Gasteiger partial charge in [0.15, 0.2) is 6.29 Å². The van der Waals surface area contributed by atoms with E-state index in [1.165, 1.54) is 31.6 Å². The molecule has 0 amide bonds. The molecule has 1 aromatic rings. The van der Waals surface area contributed by atoms with Crippen molar-refractivity contribution in [2.75, 3.05) is 7.11 Å². The first kappa shape index (κ1) is 10.9. The summed E-state index contributed by atoms with van der Waals surface area (Å²) in [6.07, 6.45) is 3.32. The summed E-state index contributed by atoms with van der Waals surface area (Å²) < 4.78 is 4.68. The van der Waals surface area contributed by atoms with Gasteiger partial charge in [0.1, 0.15) is 0 Å². The van der Waals surface area contributed by atoms with Gasteiger partial charge >= 0.3 is 0 Å². The molecule has 0 spiro atoms. The van der Waals surface area contributed by atoms with Crippen molar-refractivity contribution in [3.8, 4) is 0 Å². The maximum atomic E-state index is 10.7. The molecule has 0 unspecified atom stereocenters. The molecule has 78 valence electrons. The van der Waals surface area contributed by atoms with E-state index in [4.69, 9.17) is 0 Å². The van der Waals surface area contributed by atoms with Gasteiger partial charge in [-0.15, -0.1) is 0 Å². The van der Waals surface area contributed by atoms with E-state index in [0.29, 0.717) is 11.8 Å². The fourth-order valence-electron chi connectivity index (χ4n) is 1.14. The van der Waals surface area contributed by atoms with E-state index < -0.39 is 4.92 Å². The van der Waals surface area contributed by atoms with E-state index in [1.54, 1.807) is 6.07 Å². The minimum Gasteiger partial charge on any atom is -0.504 e. The second kappa shape index (κ2) is 4.90. The molecule has 0 radical (unpaired) electrons. The summed E-state index contributed by atoms with van der Waals surface area (Å²) in [6, 6.07) is 4.40. The zero-order valence-electron chi connectivity index (χ0n) is 8.04. The lowest BCUT2D eigenvalue weighted by Gasteiger charge is -1.99. The van der Waals surface area contributed by atoms with Crippen LogP contribution in [0, 0.1) is 10.1 Å². The Kier molecular flexibility index (Phi) is 3.56. The molecule has 0 heterocycles. The molecule has 1 aromatic carbocycles. The van der Waals surface area contributed by atoms with E-state index >= 15 is 0 Å². The van der Waals surface area contributed by atoms with E-state index in [1.807, 2.05) is 0 Å². The Bertz CT molecular complexity index is 412. The largest absolute Gasteiger partial charge is 0.504 e. The fourth-order valence-corrected chi connectivity index (χ4v) is 1.14. The molecule has 5 nitrogen and oxygen atoms in total. The third kappa shape index (κ3) is 2.40. The standard InChI is InChI=1S/C10H9NO4/c1-15-6-5-8-3-2-4-10(11(13)14)9(8)7-12/h2-7H,1H3/b6-5+. The van der Waals surface area contributed by atoms with Crippen LogP contribution in [0.4, 0.5) is 5.69 Å². The van der Waals surface area contributed by atoms with Crippen molar-refractivity contribution in [2.45, 2.75) is 0 Å². The lowest BCUT2D eigenvalue weighted by Crippen LogP contribution is -1.96. The van der Waals surface area contributed by atoms with Gasteiger partial charge < -0.3 is 4.74 Å². The van der Waals surface area contributed by atoms with Crippen LogP contribution in [-0.4, -0.2) is 18.3 Å². The quantitative estimate of drug-likeness (QED) is 0.328. The number of carbonyl (C=O) groups is 1. The highest BCUT2D eigenvalue weighted by Crippen LogP contribution is 2.21. The van der Waals surface area contributed by atoms with Crippen molar-refractivity contribution in [1.82, 2.24) is 0 Å². The molecule has 0 atom stereocenters. The molecule has 0 aliphatic carbocycles. The molecule has 0 aliphatic rings. The first-order valence-electron chi connectivity index (χ1n) is 4.12. The van der Waals surface area contributed by atoms with Crippen LogP contribution in [0.25, 0.3) is 6.08 Å². The topological polar surface area (TPSA) is 69.4 Å². The van der Waals surface area contributed by atoms with Crippen molar-refractivity contribution in [3.63, 3.8) is 0 Å². The minimum atomic E-state index is -0.589. The fraction of sp³-hybridized carbons (Fsp3) is 0.100. The number of nitro benzene ring substituents is 1. The highest BCUT2D eigenvalue weighted by molar-refractivity contribution is 5.87. The van der Waals surface area contributed by atoms with Crippen LogP contribution in [0.3, 0.4) is 0 Å². The Morgan fingerprint density at radius 1 is 1.47 bits per heavy atom. The van der Waals surface area contributed by atoms with Gasteiger partial charge in [0.25, 0.3) is 5.69 Å². The average molecular weight is 207 g/mol. The van der Waals surface area contributed by atoms with Crippen LogP contribution in [0.2, 0.25) is 0 Å². The van der Waals surface area contributed by atoms with Gasteiger partial charge in [0, 0.05) is 6.07 Å². The highest BCUT2D eigenvalue weighted by atomic mass is 16.6. The Morgan fingerprint density at radius 2 is 2.20 bits per heavy atom. The predicted octanol–water partition coefficient (Wildman–Crippen LogP) is 2.02.